The van der Waals surface area contributed by atoms with E-state index >= 15 is 28.8 Å². The van der Waals surface area contributed by atoms with Gasteiger partial charge in [-0.3, -0.25) is 38.6 Å². The maximum Gasteiger partial charge on any atom is 0.262 e. The minimum Gasteiger partial charge on any atom is -0.457 e. The molecule has 544 valence electrons. The highest BCUT2D eigenvalue weighted by Gasteiger charge is 2.48. The summed E-state index contributed by atoms with van der Waals surface area (Å²) < 4.78 is 29.8. The topological polar surface area (TPSA) is 184 Å². The first-order chi connectivity index (χ1) is 53.7. The third-order valence-corrected chi connectivity index (χ3v) is 21.6. The van der Waals surface area contributed by atoms with E-state index in [4.69, 9.17) is 18.9 Å². The van der Waals surface area contributed by atoms with E-state index in [-0.39, 0.29) is 82.0 Å². The van der Waals surface area contributed by atoms with Crippen molar-refractivity contribution in [1.29, 1.82) is 0 Å². The third kappa shape index (κ3) is 12.2. The number of aromatic amines is 2. The average Bonchev–Trinajstić information content (AvgIpc) is 0.943. The fourth-order valence-corrected chi connectivity index (χ4v) is 16.2. The van der Waals surface area contributed by atoms with Crippen LogP contribution in [-0.2, 0) is 48.1 Å². The van der Waals surface area contributed by atoms with E-state index in [1.54, 1.807) is 34.1 Å². The SMILES string of the molecule is CCc1cccc(Oc2cc3c4c(cc(Oc5cccc(CC)c5)c5c6c(Oc7cccc(CC)c7)cc7c8c(cc(Oc9cccc(CC)c9)c(c2c45)c86)C(=O)N(C(Cc2cc4ccccc4[nH]2)C(=O)N(CC)c2ccccc2)C7=O)C(=O)N(C(Cc2cc4ccccc4[nH]2)C(=O)N(CC)c2ccccc2)C3=O)c1. The lowest BCUT2D eigenvalue weighted by Crippen LogP contribution is -2.56. The lowest BCUT2D eigenvalue weighted by molar-refractivity contribution is -0.123. The molecule has 4 heterocycles. The number of para-hydroxylation sites is 4. The van der Waals surface area contributed by atoms with Gasteiger partial charge in [-0.25, -0.2) is 0 Å². The first-order valence-electron chi connectivity index (χ1n) is 37.8. The van der Waals surface area contributed by atoms with Gasteiger partial charge >= 0.3 is 0 Å². The largest absolute Gasteiger partial charge is 0.457 e. The van der Waals surface area contributed by atoms with E-state index in [0.717, 1.165) is 53.9 Å². The van der Waals surface area contributed by atoms with Gasteiger partial charge in [0.25, 0.3) is 35.4 Å². The fraction of sp³-hybridized carbons (Fsp3) is 0.170. The molecular formula is C94H78N6O10. The van der Waals surface area contributed by atoms with Gasteiger partial charge in [-0.05, 0) is 194 Å². The Hall–Kier alpha value is -13.3. The van der Waals surface area contributed by atoms with Crippen molar-refractivity contribution >= 4 is 112 Å². The second-order valence-corrected chi connectivity index (χ2v) is 28.1. The van der Waals surface area contributed by atoms with Crippen LogP contribution in [0.2, 0.25) is 0 Å². The number of carbonyl (C=O) groups is 6. The number of amides is 6. The molecule has 16 nitrogen and oxygen atoms in total. The number of imide groups is 2. The highest BCUT2D eigenvalue weighted by Crippen LogP contribution is 2.58. The minimum absolute atomic E-state index is 0.0339. The molecule has 16 heteroatoms. The second-order valence-electron chi connectivity index (χ2n) is 28.1. The Balaban J connectivity index is 1.01. The summed E-state index contributed by atoms with van der Waals surface area (Å²) in [7, 11) is 0. The molecule has 0 aliphatic carbocycles. The number of aromatic nitrogens is 2. The molecule has 0 fully saturated rings. The molecule has 2 N–H and O–H groups in total. The van der Waals surface area contributed by atoms with Crippen LogP contribution in [0.25, 0.3) is 64.9 Å². The van der Waals surface area contributed by atoms with E-state index in [1.807, 2.05) is 260 Å². The van der Waals surface area contributed by atoms with Crippen molar-refractivity contribution in [1.82, 2.24) is 19.8 Å². The summed E-state index contributed by atoms with van der Waals surface area (Å²) >= 11 is 0. The van der Waals surface area contributed by atoms with E-state index in [9.17, 15) is 0 Å². The van der Waals surface area contributed by atoms with Crippen LogP contribution in [0, 0.1) is 0 Å². The summed E-state index contributed by atoms with van der Waals surface area (Å²) in [5, 5.41) is 4.11. The summed E-state index contributed by atoms with van der Waals surface area (Å²) in [6, 6.07) is 72.1. The Labute approximate surface area is 635 Å². The Morgan fingerprint density at radius 1 is 0.327 bits per heavy atom. The first kappa shape index (κ1) is 69.7. The van der Waals surface area contributed by atoms with Crippen molar-refractivity contribution in [2.45, 2.75) is 92.2 Å². The predicted octanol–water partition coefficient (Wildman–Crippen LogP) is 20.6. The van der Waals surface area contributed by atoms with Crippen LogP contribution in [0.3, 0.4) is 0 Å². The van der Waals surface area contributed by atoms with Gasteiger partial charge in [0.1, 0.15) is 58.1 Å². The quantitative estimate of drug-likeness (QED) is 0.0335. The van der Waals surface area contributed by atoms with Crippen LogP contribution in [0.1, 0.15) is 117 Å². The molecule has 15 aromatic rings. The third-order valence-electron chi connectivity index (χ3n) is 21.6. The molecule has 17 rings (SSSR count). The molecule has 0 saturated heterocycles. The van der Waals surface area contributed by atoms with E-state index < -0.39 is 47.5 Å². The number of H-pyrrole nitrogens is 2. The molecule has 2 aliphatic heterocycles. The number of hydrogen-bond acceptors (Lipinski definition) is 10. The summed E-state index contributed by atoms with van der Waals surface area (Å²) in [5.74, 6) is -2.00. The molecule has 0 bridgehead atoms. The van der Waals surface area contributed by atoms with Crippen molar-refractivity contribution in [2.75, 3.05) is 22.9 Å². The van der Waals surface area contributed by atoms with E-state index in [1.165, 1.54) is 0 Å². The van der Waals surface area contributed by atoms with Crippen molar-refractivity contribution in [3.63, 3.8) is 0 Å². The van der Waals surface area contributed by atoms with Gasteiger partial charge < -0.3 is 38.7 Å². The molecule has 2 aliphatic rings. The number of likely N-dealkylation sites (N-methyl/N-ethyl adjacent to an activating group) is 2. The number of nitrogens with one attached hydrogen (secondary N) is 2. The van der Waals surface area contributed by atoms with Crippen LogP contribution in [0.4, 0.5) is 11.4 Å². The molecule has 0 radical (unpaired) electrons. The predicted molar refractivity (Wildman–Crippen MR) is 433 cm³/mol. The number of ether oxygens (including phenoxy) is 4. The average molecular weight is 1450 g/mol. The molecule has 2 atom stereocenters. The number of benzene rings is 13. The smallest absolute Gasteiger partial charge is 0.262 e. The second kappa shape index (κ2) is 28.8. The normalized spacial score (nSPS) is 13.3. The Morgan fingerprint density at radius 3 is 0.900 bits per heavy atom. The Bertz CT molecular complexity index is 5550. The number of hydrogen-bond donors (Lipinski definition) is 2. The summed E-state index contributed by atoms with van der Waals surface area (Å²) in [5.41, 5.74) is 7.92. The number of fused-ring (bicyclic) bond motifs is 4. The highest BCUT2D eigenvalue weighted by atomic mass is 16.5. The number of aryl methyl sites for hydroxylation is 4. The monoisotopic (exact) mass is 1450 g/mol. The molecule has 0 spiro atoms. The summed E-state index contributed by atoms with van der Waals surface area (Å²) in [6.07, 6.45) is 2.39. The molecular weight excluding hydrogens is 1370 g/mol. The summed E-state index contributed by atoms with van der Waals surface area (Å²) in [6.45, 7) is 12.3. The molecule has 13 aromatic carbocycles. The van der Waals surface area contributed by atoms with E-state index in [2.05, 4.69) is 9.97 Å². The van der Waals surface area contributed by atoms with E-state index in [0.29, 0.717) is 104 Å². The van der Waals surface area contributed by atoms with Gasteiger partial charge in [-0.15, -0.1) is 0 Å². The van der Waals surface area contributed by atoms with Crippen molar-refractivity contribution in [3.8, 4) is 46.0 Å². The number of rotatable bonds is 24. The minimum atomic E-state index is -1.44. The van der Waals surface area contributed by atoms with Gasteiger partial charge in [0, 0.05) is 103 Å². The fourth-order valence-electron chi connectivity index (χ4n) is 16.2. The van der Waals surface area contributed by atoms with Crippen LogP contribution < -0.4 is 28.7 Å². The van der Waals surface area contributed by atoms with Crippen LogP contribution in [0.15, 0.2) is 243 Å². The van der Waals surface area contributed by atoms with Gasteiger partial charge in [0.15, 0.2) is 0 Å². The lowest BCUT2D eigenvalue weighted by atomic mass is 9.80. The standard InChI is InChI=1S/C94H78N6O10/c1-7-55-27-23-37-65(43-55)107-77-51-69-81-70(90(102)99(89(69)101)75(49-61-47-59-31-19-21-41-73(59)95-61)93(105)97(11-5)63-33-15-13-16-34-63)53-79(109-67-39-25-29-57(9-3)45-67)85-86-80(110-68-40-26-30-58(10-4)46-68)54-72-82-71(52-78(84(88(82)86)83(77)87(81)85)108-66-38-24-28-56(8-2)44-66)91(103)100(92(72)104)76(50-62-48-60-32-20-22-42-74(60)96-62)94(106)98(12-6)64-35-17-14-18-36-64/h13-48,51-54,75-76,95-96H,7-12,49-50H2,1-6H3. The van der Waals surface area contributed by atoms with Gasteiger partial charge in [0.2, 0.25) is 0 Å². The van der Waals surface area contributed by atoms with Gasteiger partial charge in [-0.2, -0.15) is 0 Å². The molecule has 2 unspecified atom stereocenters. The van der Waals surface area contributed by atoms with Crippen molar-refractivity contribution in [3.05, 3.63) is 299 Å². The molecule has 110 heavy (non-hydrogen) atoms. The lowest BCUT2D eigenvalue weighted by Gasteiger charge is -2.37. The zero-order chi connectivity index (χ0) is 75.6. The highest BCUT2D eigenvalue weighted by molar-refractivity contribution is 6.45. The van der Waals surface area contributed by atoms with Gasteiger partial charge in [-0.1, -0.05) is 149 Å². The number of carbonyl (C=O) groups excluding carboxylic acids is 6. The van der Waals surface area contributed by atoms with Crippen LogP contribution in [-0.4, -0.2) is 80.4 Å². The number of nitrogens with zero attached hydrogens (tertiary/aromatic N) is 4. The van der Waals surface area contributed by atoms with Gasteiger partial charge in [0.05, 0.1) is 22.3 Å². The maximum atomic E-state index is 16.9. The number of anilines is 2. The Morgan fingerprint density at radius 2 is 0.618 bits per heavy atom. The van der Waals surface area contributed by atoms with Crippen molar-refractivity contribution in [2.24, 2.45) is 0 Å². The molecule has 2 aromatic heterocycles. The maximum absolute atomic E-state index is 16.9. The first-order valence-corrected chi connectivity index (χ1v) is 37.8. The van der Waals surface area contributed by atoms with Crippen LogP contribution >= 0.6 is 0 Å². The summed E-state index contributed by atoms with van der Waals surface area (Å²) in [4.78, 5) is 112. The zero-order valence-corrected chi connectivity index (χ0v) is 61.8. The Kier molecular flexibility index (Phi) is 18.2. The molecule has 0 saturated carbocycles. The van der Waals surface area contributed by atoms with Crippen LogP contribution in [0.5, 0.6) is 46.0 Å². The molecule has 6 amide bonds. The van der Waals surface area contributed by atoms with Crippen molar-refractivity contribution < 1.29 is 47.7 Å². The zero-order valence-electron chi connectivity index (χ0n) is 61.8.